The molecule has 1 N–H and O–H groups in total. The van der Waals surface area contributed by atoms with Gasteiger partial charge in [-0.15, -0.1) is 0 Å². The fraction of sp³-hybridized carbons (Fsp3) is 0.409. The molecule has 0 radical (unpaired) electrons. The van der Waals surface area contributed by atoms with Crippen LogP contribution in [-0.2, 0) is 20.0 Å². The number of fused-ring (bicyclic) bond motifs is 2. The third kappa shape index (κ3) is 3.40. The zero-order valence-corrected chi connectivity index (χ0v) is 17.0. The molecule has 1 aliphatic heterocycles. The van der Waals surface area contributed by atoms with Gasteiger partial charge in [-0.25, -0.2) is 4.98 Å². The first-order valence-electron chi connectivity index (χ1n) is 9.84. The van der Waals surface area contributed by atoms with Crippen molar-refractivity contribution in [2.45, 2.75) is 39.8 Å². The maximum Gasteiger partial charge on any atom is 0.252 e. The van der Waals surface area contributed by atoms with E-state index in [9.17, 15) is 4.79 Å². The van der Waals surface area contributed by atoms with E-state index in [1.54, 1.807) is 4.68 Å². The topological polar surface area (TPSA) is 63.1 Å². The van der Waals surface area contributed by atoms with Gasteiger partial charge in [0.2, 0.25) is 0 Å². The van der Waals surface area contributed by atoms with E-state index in [4.69, 9.17) is 0 Å². The van der Waals surface area contributed by atoms with Crippen molar-refractivity contribution in [2.75, 3.05) is 13.1 Å². The van der Waals surface area contributed by atoms with Gasteiger partial charge in [-0.1, -0.05) is 24.3 Å². The highest BCUT2D eigenvalue weighted by Gasteiger charge is 2.22. The predicted molar refractivity (Wildman–Crippen MR) is 110 cm³/mol. The minimum absolute atomic E-state index is 0.0594. The molecule has 2 aromatic heterocycles. The second-order valence-electron chi connectivity index (χ2n) is 7.77. The molecule has 0 saturated carbocycles. The van der Waals surface area contributed by atoms with Crippen molar-refractivity contribution in [3.05, 3.63) is 58.4 Å². The van der Waals surface area contributed by atoms with Crippen molar-refractivity contribution < 1.29 is 4.79 Å². The Labute approximate surface area is 165 Å². The van der Waals surface area contributed by atoms with E-state index >= 15 is 0 Å². The Balaban J connectivity index is 1.47. The molecule has 0 aliphatic carbocycles. The van der Waals surface area contributed by atoms with E-state index in [1.807, 2.05) is 27.0 Å². The average Bonchev–Trinajstić information content (AvgIpc) is 2.98. The molecule has 1 amide bonds. The Hall–Kier alpha value is -2.73. The summed E-state index contributed by atoms with van der Waals surface area (Å²) in [4.78, 5) is 19.9. The summed E-state index contributed by atoms with van der Waals surface area (Å²) in [5, 5.41) is 8.40. The number of nitrogens with zero attached hydrogens (tertiary/aromatic N) is 4. The summed E-state index contributed by atoms with van der Waals surface area (Å²) in [6, 6.07) is 10.7. The number of carbonyl (C=O) groups is 1. The second-order valence-corrected chi connectivity index (χ2v) is 7.77. The molecule has 4 rings (SSSR count). The first kappa shape index (κ1) is 18.6. The predicted octanol–water partition coefficient (Wildman–Crippen LogP) is 2.76. The Morgan fingerprint density at radius 2 is 2.00 bits per heavy atom. The molecule has 1 aliphatic rings. The number of amides is 1. The summed E-state index contributed by atoms with van der Waals surface area (Å²) in [5.74, 6) is -0.0594. The fourth-order valence-corrected chi connectivity index (χ4v) is 4.11. The normalized spacial score (nSPS) is 15.4. The molecule has 0 bridgehead atoms. The Morgan fingerprint density at radius 3 is 2.79 bits per heavy atom. The summed E-state index contributed by atoms with van der Waals surface area (Å²) in [6.45, 7) is 8.58. The van der Waals surface area contributed by atoms with E-state index < -0.39 is 0 Å². The van der Waals surface area contributed by atoms with Gasteiger partial charge in [0.05, 0.1) is 16.6 Å². The zero-order chi connectivity index (χ0) is 19.8. The highest BCUT2D eigenvalue weighted by Crippen LogP contribution is 2.22. The lowest BCUT2D eigenvalue weighted by Crippen LogP contribution is -2.44. The molecule has 3 aromatic rings. The van der Waals surface area contributed by atoms with Crippen molar-refractivity contribution in [2.24, 2.45) is 7.05 Å². The lowest BCUT2D eigenvalue weighted by molar-refractivity contribution is 0.0934. The van der Waals surface area contributed by atoms with Crippen LogP contribution in [0, 0.1) is 13.8 Å². The first-order valence-corrected chi connectivity index (χ1v) is 9.84. The molecule has 28 heavy (non-hydrogen) atoms. The monoisotopic (exact) mass is 377 g/mol. The molecule has 3 heterocycles. The maximum absolute atomic E-state index is 13.0. The molecule has 6 heteroatoms. The lowest BCUT2D eigenvalue weighted by atomic mass is 9.99. The minimum atomic E-state index is -0.0594. The highest BCUT2D eigenvalue weighted by atomic mass is 16.1. The zero-order valence-electron chi connectivity index (χ0n) is 17.0. The summed E-state index contributed by atoms with van der Waals surface area (Å²) >= 11 is 0. The summed E-state index contributed by atoms with van der Waals surface area (Å²) < 4.78 is 1.74. The number of nitrogens with one attached hydrogen (secondary N) is 1. The molecule has 1 aromatic carbocycles. The van der Waals surface area contributed by atoms with E-state index in [0.29, 0.717) is 12.1 Å². The molecular weight excluding hydrogens is 350 g/mol. The SMILES string of the molecule is Cc1cc(C(=O)NCC(C)N2CCc3ccccc3C2)c2c(C)nn(C)c2n1. The van der Waals surface area contributed by atoms with Gasteiger partial charge in [0.15, 0.2) is 5.65 Å². The Bertz CT molecular complexity index is 1040. The Morgan fingerprint density at radius 1 is 1.25 bits per heavy atom. The van der Waals surface area contributed by atoms with E-state index in [2.05, 4.69) is 51.5 Å². The number of rotatable bonds is 4. The van der Waals surface area contributed by atoms with Crippen LogP contribution in [0.4, 0.5) is 0 Å². The van der Waals surface area contributed by atoms with Crippen LogP contribution >= 0.6 is 0 Å². The van der Waals surface area contributed by atoms with Gasteiger partial charge in [0.1, 0.15) is 0 Å². The highest BCUT2D eigenvalue weighted by molar-refractivity contribution is 6.06. The van der Waals surface area contributed by atoms with Crippen LogP contribution in [0.5, 0.6) is 0 Å². The number of pyridine rings is 1. The van der Waals surface area contributed by atoms with Crippen LogP contribution in [0.3, 0.4) is 0 Å². The van der Waals surface area contributed by atoms with E-state index in [1.165, 1.54) is 11.1 Å². The molecule has 6 nitrogen and oxygen atoms in total. The Kier molecular flexibility index (Phi) is 4.89. The summed E-state index contributed by atoms with van der Waals surface area (Å²) in [5.41, 5.74) is 5.89. The number of aryl methyl sites for hydroxylation is 3. The largest absolute Gasteiger partial charge is 0.350 e. The van der Waals surface area contributed by atoms with Crippen molar-refractivity contribution in [3.63, 3.8) is 0 Å². The lowest BCUT2D eigenvalue weighted by Gasteiger charge is -2.33. The minimum Gasteiger partial charge on any atom is -0.350 e. The van der Waals surface area contributed by atoms with Crippen LogP contribution in [-0.4, -0.2) is 44.7 Å². The fourth-order valence-electron chi connectivity index (χ4n) is 4.11. The van der Waals surface area contributed by atoms with Crippen LogP contribution < -0.4 is 5.32 Å². The van der Waals surface area contributed by atoms with Crippen LogP contribution in [0.15, 0.2) is 30.3 Å². The van der Waals surface area contributed by atoms with Crippen molar-refractivity contribution >= 4 is 16.9 Å². The molecule has 0 spiro atoms. The number of hydrogen-bond acceptors (Lipinski definition) is 4. The van der Waals surface area contributed by atoms with E-state index in [-0.39, 0.29) is 11.9 Å². The van der Waals surface area contributed by atoms with Gasteiger partial charge in [-0.2, -0.15) is 5.10 Å². The quantitative estimate of drug-likeness (QED) is 0.759. The number of hydrogen-bond donors (Lipinski definition) is 1. The molecule has 0 saturated heterocycles. The van der Waals surface area contributed by atoms with Crippen LogP contribution in [0.2, 0.25) is 0 Å². The van der Waals surface area contributed by atoms with Gasteiger partial charge in [0, 0.05) is 38.4 Å². The average molecular weight is 377 g/mol. The van der Waals surface area contributed by atoms with Crippen molar-refractivity contribution in [1.29, 1.82) is 0 Å². The van der Waals surface area contributed by atoms with Crippen molar-refractivity contribution in [1.82, 2.24) is 25.0 Å². The third-order valence-corrected chi connectivity index (χ3v) is 5.68. The molecule has 1 unspecified atom stereocenters. The van der Waals surface area contributed by atoms with E-state index in [0.717, 1.165) is 41.9 Å². The summed E-state index contributed by atoms with van der Waals surface area (Å²) in [6.07, 6.45) is 1.06. The molecule has 146 valence electrons. The molecule has 0 fully saturated rings. The third-order valence-electron chi connectivity index (χ3n) is 5.68. The van der Waals surface area contributed by atoms with Gasteiger partial charge in [-0.3, -0.25) is 14.4 Å². The molecular formula is C22H27N5O. The van der Waals surface area contributed by atoms with Gasteiger partial charge in [0.25, 0.3) is 5.91 Å². The standard InChI is InChI=1S/C22H27N5O/c1-14-11-19(20-16(3)25-26(4)21(20)24-14)22(28)23-12-15(2)27-10-9-17-7-5-6-8-18(17)13-27/h5-8,11,15H,9-10,12-13H2,1-4H3,(H,23,28). The number of carbonyl (C=O) groups excluding carboxylic acids is 1. The second kappa shape index (κ2) is 7.36. The maximum atomic E-state index is 13.0. The summed E-state index contributed by atoms with van der Waals surface area (Å²) in [7, 11) is 1.86. The van der Waals surface area contributed by atoms with Gasteiger partial charge < -0.3 is 5.32 Å². The van der Waals surface area contributed by atoms with Gasteiger partial charge >= 0.3 is 0 Å². The number of benzene rings is 1. The number of aromatic nitrogens is 3. The van der Waals surface area contributed by atoms with Crippen molar-refractivity contribution in [3.8, 4) is 0 Å². The van der Waals surface area contributed by atoms with Gasteiger partial charge in [-0.05, 0) is 44.4 Å². The smallest absolute Gasteiger partial charge is 0.252 e. The first-order chi connectivity index (χ1) is 13.4. The van der Waals surface area contributed by atoms with Crippen LogP contribution in [0.1, 0.15) is 39.8 Å². The van der Waals surface area contributed by atoms with Crippen LogP contribution in [0.25, 0.3) is 11.0 Å². The molecule has 1 atom stereocenters.